The summed E-state index contributed by atoms with van der Waals surface area (Å²) in [5.74, 6) is 1.76. The Morgan fingerprint density at radius 3 is 2.57 bits per heavy atom. The van der Waals surface area contributed by atoms with Gasteiger partial charge in [0.05, 0.1) is 22.4 Å². The molecule has 5 nitrogen and oxygen atoms in total. The molecule has 7 aromatic rings. The summed E-state index contributed by atoms with van der Waals surface area (Å²) in [6, 6.07) is 31.7. The van der Waals surface area contributed by atoms with E-state index in [0.29, 0.717) is 5.71 Å². The molecule has 49 heavy (non-hydrogen) atoms. The van der Waals surface area contributed by atoms with Crippen molar-refractivity contribution in [2.24, 2.45) is 5.41 Å². The molecule has 0 saturated heterocycles. The number of rotatable bonds is 4. The molecule has 0 bridgehead atoms. The second-order valence-corrected chi connectivity index (χ2v) is 14.5. The Kier molecular flexibility index (Phi) is 9.13. The van der Waals surface area contributed by atoms with Gasteiger partial charge in [0.15, 0.2) is 0 Å². The first-order chi connectivity index (χ1) is 23.3. The van der Waals surface area contributed by atoms with Crippen LogP contribution in [0.4, 0.5) is 0 Å². The van der Waals surface area contributed by atoms with E-state index in [1.807, 2.05) is 43.5 Å². The Labute approximate surface area is 301 Å². The maximum absolute atomic E-state index is 6.08. The summed E-state index contributed by atoms with van der Waals surface area (Å²) in [6.45, 7) is 9.59. The van der Waals surface area contributed by atoms with E-state index in [4.69, 9.17) is 9.40 Å². The topological polar surface area (TPSA) is 56.7 Å². The SMILES string of the molecule is Cc1ccc2c(n1)oc1c(-c3cc(CC(C)(C)C)ccn3)[c-]ccc12.[Ir].[c-]1ccccc1-c1nc2cc(C3CCCC3)cc3c2n1CC=C3. The zero-order valence-corrected chi connectivity index (χ0v) is 30.9. The van der Waals surface area contributed by atoms with Gasteiger partial charge in [-0.15, -0.1) is 54.1 Å². The summed E-state index contributed by atoms with van der Waals surface area (Å²) in [7, 11) is 0. The fourth-order valence-corrected chi connectivity index (χ4v) is 7.38. The van der Waals surface area contributed by atoms with Crippen molar-refractivity contribution in [3.63, 3.8) is 0 Å². The standard InChI is InChI=1S/C22H21N2O.C21H19N2.Ir/c1-14-8-9-17-16-6-5-7-18(20(16)25-21(17)24-14)19-12-15(10-11-23-19)13-22(2,3)4;1-2-9-16(10-3-1)21-22-19-14-18(15-7-4-5-8-15)13-17-11-6-12-23(21)20(17)19;/h5-6,8-12H,13H2,1-4H3;1-3,6,9,11,13-15H,4-5,7-8,12H2;/q2*-1;. The molecule has 1 aliphatic carbocycles. The predicted octanol–water partition coefficient (Wildman–Crippen LogP) is 10.9. The van der Waals surface area contributed by atoms with E-state index in [1.54, 1.807) is 0 Å². The number of nitrogens with zero attached hydrogens (tertiary/aromatic N) is 4. The first kappa shape index (κ1) is 33.1. The van der Waals surface area contributed by atoms with E-state index in [-0.39, 0.29) is 25.5 Å². The largest absolute Gasteiger partial charge is 0.486 e. The van der Waals surface area contributed by atoms with Crippen LogP contribution >= 0.6 is 0 Å². The molecule has 6 heteroatoms. The van der Waals surface area contributed by atoms with E-state index in [0.717, 1.165) is 69.1 Å². The summed E-state index contributed by atoms with van der Waals surface area (Å²) in [5.41, 5.74) is 12.0. The first-order valence-corrected chi connectivity index (χ1v) is 17.1. The zero-order chi connectivity index (χ0) is 32.8. The number of imidazole rings is 1. The predicted molar refractivity (Wildman–Crippen MR) is 196 cm³/mol. The second-order valence-electron chi connectivity index (χ2n) is 14.5. The van der Waals surface area contributed by atoms with Crippen LogP contribution < -0.4 is 0 Å². The van der Waals surface area contributed by atoms with Gasteiger partial charge in [-0.1, -0.05) is 68.3 Å². The summed E-state index contributed by atoms with van der Waals surface area (Å²) in [4.78, 5) is 14.1. The van der Waals surface area contributed by atoms with E-state index in [9.17, 15) is 0 Å². The third-order valence-corrected chi connectivity index (χ3v) is 9.51. The average Bonchev–Trinajstić information content (AvgIpc) is 3.83. The van der Waals surface area contributed by atoms with Crippen LogP contribution in [0.3, 0.4) is 0 Å². The van der Waals surface area contributed by atoms with E-state index < -0.39 is 0 Å². The molecule has 1 saturated carbocycles. The molecule has 1 radical (unpaired) electrons. The van der Waals surface area contributed by atoms with Crippen LogP contribution in [0.15, 0.2) is 89.5 Å². The van der Waals surface area contributed by atoms with Crippen LogP contribution in [0.1, 0.15) is 74.8 Å². The molecule has 0 atom stereocenters. The van der Waals surface area contributed by atoms with Gasteiger partial charge in [0, 0.05) is 43.9 Å². The fraction of sp³-hybridized carbons (Fsp3) is 0.279. The minimum atomic E-state index is 0. The Hall–Kier alpha value is -4.38. The monoisotopic (exact) mass is 821 g/mol. The molecule has 4 aromatic heterocycles. The van der Waals surface area contributed by atoms with Gasteiger partial charge in [-0.3, -0.25) is 4.98 Å². The molecule has 1 fully saturated rings. The summed E-state index contributed by atoms with van der Waals surface area (Å²) >= 11 is 0. The number of aromatic nitrogens is 4. The van der Waals surface area contributed by atoms with Crippen molar-refractivity contribution in [3.8, 4) is 22.6 Å². The molecule has 5 heterocycles. The smallest absolute Gasteiger partial charge is 0.216 e. The molecule has 0 amide bonds. The summed E-state index contributed by atoms with van der Waals surface area (Å²) < 4.78 is 8.41. The van der Waals surface area contributed by atoms with Gasteiger partial charge < -0.3 is 14.0 Å². The van der Waals surface area contributed by atoms with Gasteiger partial charge in [0.1, 0.15) is 0 Å². The van der Waals surface area contributed by atoms with Crippen molar-refractivity contribution in [2.75, 3.05) is 0 Å². The van der Waals surface area contributed by atoms with Crippen molar-refractivity contribution in [3.05, 3.63) is 120 Å². The third kappa shape index (κ3) is 6.65. The summed E-state index contributed by atoms with van der Waals surface area (Å²) in [6.07, 6.45) is 12.8. The maximum atomic E-state index is 6.08. The van der Waals surface area contributed by atoms with Crippen LogP contribution in [-0.4, -0.2) is 19.5 Å². The molecule has 9 rings (SSSR count). The molecule has 249 valence electrons. The summed E-state index contributed by atoms with van der Waals surface area (Å²) in [5, 5.41) is 2.08. The number of fused-ring (bicyclic) bond motifs is 3. The fourth-order valence-electron chi connectivity index (χ4n) is 7.38. The molecule has 1 aliphatic heterocycles. The Morgan fingerprint density at radius 2 is 1.78 bits per heavy atom. The van der Waals surface area contributed by atoms with Gasteiger partial charge in [-0.05, 0) is 84.7 Å². The number of aryl methyl sites for hydroxylation is 1. The number of allylic oxidation sites excluding steroid dienone is 1. The van der Waals surface area contributed by atoms with Gasteiger partial charge in [0.2, 0.25) is 5.71 Å². The van der Waals surface area contributed by atoms with Crippen molar-refractivity contribution >= 4 is 39.2 Å². The number of hydrogen-bond acceptors (Lipinski definition) is 4. The van der Waals surface area contributed by atoms with Crippen molar-refractivity contribution in [1.82, 2.24) is 19.5 Å². The molecule has 0 N–H and O–H groups in total. The average molecular weight is 821 g/mol. The molecule has 3 aromatic carbocycles. The van der Waals surface area contributed by atoms with E-state index >= 15 is 0 Å². The van der Waals surface area contributed by atoms with Crippen LogP contribution in [0.5, 0.6) is 0 Å². The minimum absolute atomic E-state index is 0. The van der Waals surface area contributed by atoms with Crippen molar-refractivity contribution < 1.29 is 24.5 Å². The molecule has 2 aliphatic rings. The number of furan rings is 1. The van der Waals surface area contributed by atoms with Crippen LogP contribution in [-0.2, 0) is 33.1 Å². The van der Waals surface area contributed by atoms with Crippen LogP contribution in [0.2, 0.25) is 0 Å². The minimum Gasteiger partial charge on any atom is -0.486 e. The number of pyridine rings is 2. The molecular weight excluding hydrogens is 781 g/mol. The van der Waals surface area contributed by atoms with E-state index in [1.165, 1.54) is 47.9 Å². The van der Waals surface area contributed by atoms with Gasteiger partial charge in [0.25, 0.3) is 0 Å². The molecular formula is C43H40IrN4O-2. The van der Waals surface area contributed by atoms with Gasteiger partial charge in [-0.2, -0.15) is 0 Å². The normalized spacial score (nSPS) is 14.3. The maximum Gasteiger partial charge on any atom is 0.216 e. The first-order valence-electron chi connectivity index (χ1n) is 17.1. The molecule has 0 unspecified atom stereocenters. The zero-order valence-electron chi connectivity index (χ0n) is 28.5. The van der Waals surface area contributed by atoms with Crippen LogP contribution in [0, 0.1) is 24.5 Å². The molecule has 0 spiro atoms. The number of hydrogen-bond donors (Lipinski definition) is 0. The number of benzene rings is 3. The van der Waals surface area contributed by atoms with Crippen molar-refractivity contribution in [1.29, 1.82) is 0 Å². The quantitative estimate of drug-likeness (QED) is 0.166. The van der Waals surface area contributed by atoms with E-state index in [2.05, 4.69) is 102 Å². The Morgan fingerprint density at radius 1 is 0.918 bits per heavy atom. The third-order valence-electron chi connectivity index (χ3n) is 9.51. The Bertz CT molecular complexity index is 2300. The Balaban J connectivity index is 0.000000152. The van der Waals surface area contributed by atoms with Gasteiger partial charge in [-0.25, -0.2) is 4.98 Å². The van der Waals surface area contributed by atoms with Crippen molar-refractivity contribution in [2.45, 2.75) is 72.3 Å². The van der Waals surface area contributed by atoms with Crippen LogP contribution in [0.25, 0.3) is 61.8 Å². The van der Waals surface area contributed by atoms with Gasteiger partial charge >= 0.3 is 0 Å². The second kappa shape index (κ2) is 13.5.